The van der Waals surface area contributed by atoms with E-state index in [9.17, 15) is 4.79 Å². The van der Waals surface area contributed by atoms with Crippen LogP contribution in [-0.2, 0) is 6.54 Å². The minimum atomic E-state index is -0.931. The van der Waals surface area contributed by atoms with Crippen LogP contribution >= 0.6 is 0 Å². The third-order valence-electron chi connectivity index (χ3n) is 3.21. The molecule has 1 saturated carbocycles. The lowest BCUT2D eigenvalue weighted by molar-refractivity contribution is 0.0697. The van der Waals surface area contributed by atoms with E-state index in [0.717, 1.165) is 24.4 Å². The SMILES string of the molecule is O=C(O)c1ccc2c(c1)nnn2CCC1CC1. The molecule has 0 bridgehead atoms. The van der Waals surface area contributed by atoms with Gasteiger partial charge in [-0.3, -0.25) is 0 Å². The van der Waals surface area contributed by atoms with Gasteiger partial charge in [0.25, 0.3) is 0 Å². The Morgan fingerprint density at radius 2 is 2.29 bits per heavy atom. The molecule has 88 valence electrons. The average Bonchev–Trinajstić information content (AvgIpc) is 3.06. The Bertz CT molecular complexity index is 572. The molecule has 1 aliphatic carbocycles. The van der Waals surface area contributed by atoms with Gasteiger partial charge < -0.3 is 5.11 Å². The third-order valence-corrected chi connectivity index (χ3v) is 3.21. The summed E-state index contributed by atoms with van der Waals surface area (Å²) in [6.07, 6.45) is 3.80. The molecule has 0 radical (unpaired) electrons. The number of fused-ring (bicyclic) bond motifs is 1. The van der Waals surface area contributed by atoms with E-state index in [0.29, 0.717) is 5.52 Å². The standard InChI is InChI=1S/C12H13N3O2/c16-12(17)9-3-4-11-10(7-9)13-14-15(11)6-5-8-1-2-8/h3-4,7-8H,1-2,5-6H2,(H,16,17). The lowest BCUT2D eigenvalue weighted by Gasteiger charge is -2.00. The van der Waals surface area contributed by atoms with Crippen molar-refractivity contribution in [1.29, 1.82) is 0 Å². The molecule has 0 amide bonds. The molecule has 0 unspecified atom stereocenters. The van der Waals surface area contributed by atoms with Gasteiger partial charge in [-0.05, 0) is 30.5 Å². The van der Waals surface area contributed by atoms with E-state index < -0.39 is 5.97 Å². The van der Waals surface area contributed by atoms with Crippen LogP contribution in [0.25, 0.3) is 11.0 Å². The van der Waals surface area contributed by atoms with E-state index in [1.165, 1.54) is 12.8 Å². The third kappa shape index (κ3) is 2.00. The Morgan fingerprint density at radius 3 is 3.00 bits per heavy atom. The van der Waals surface area contributed by atoms with Gasteiger partial charge >= 0.3 is 5.97 Å². The lowest BCUT2D eigenvalue weighted by Crippen LogP contribution is -2.01. The average molecular weight is 231 g/mol. The topological polar surface area (TPSA) is 68.0 Å². The lowest BCUT2D eigenvalue weighted by atomic mass is 10.2. The maximum atomic E-state index is 10.8. The number of carbonyl (C=O) groups is 1. The molecule has 1 heterocycles. The van der Waals surface area contributed by atoms with Crippen LogP contribution in [0.4, 0.5) is 0 Å². The van der Waals surface area contributed by atoms with Gasteiger partial charge in [0, 0.05) is 6.54 Å². The summed E-state index contributed by atoms with van der Waals surface area (Å²) in [4.78, 5) is 10.8. The van der Waals surface area contributed by atoms with Crippen LogP contribution < -0.4 is 0 Å². The Balaban J connectivity index is 1.89. The molecule has 1 aromatic heterocycles. The van der Waals surface area contributed by atoms with E-state index >= 15 is 0 Å². The van der Waals surface area contributed by atoms with Gasteiger partial charge in [0.15, 0.2) is 0 Å². The summed E-state index contributed by atoms with van der Waals surface area (Å²) < 4.78 is 1.86. The van der Waals surface area contributed by atoms with Crippen LogP contribution in [0.15, 0.2) is 18.2 Å². The zero-order chi connectivity index (χ0) is 11.8. The second-order valence-corrected chi connectivity index (χ2v) is 4.55. The number of aromatic carboxylic acids is 1. The predicted molar refractivity (Wildman–Crippen MR) is 61.8 cm³/mol. The first-order valence-corrected chi connectivity index (χ1v) is 5.80. The largest absolute Gasteiger partial charge is 0.478 e. The highest BCUT2D eigenvalue weighted by molar-refractivity contribution is 5.92. The number of hydrogen-bond acceptors (Lipinski definition) is 3. The zero-order valence-electron chi connectivity index (χ0n) is 9.33. The van der Waals surface area contributed by atoms with Crippen LogP contribution in [0.3, 0.4) is 0 Å². The van der Waals surface area contributed by atoms with Gasteiger partial charge in [-0.1, -0.05) is 18.1 Å². The van der Waals surface area contributed by atoms with Crippen molar-refractivity contribution in [2.24, 2.45) is 5.92 Å². The molecule has 17 heavy (non-hydrogen) atoms. The molecule has 1 fully saturated rings. The van der Waals surface area contributed by atoms with Gasteiger partial charge in [-0.25, -0.2) is 9.48 Å². The zero-order valence-corrected chi connectivity index (χ0v) is 9.33. The minimum Gasteiger partial charge on any atom is -0.478 e. The molecule has 0 saturated heterocycles. The summed E-state index contributed by atoms with van der Waals surface area (Å²) in [6.45, 7) is 0.869. The van der Waals surface area contributed by atoms with Crippen LogP contribution in [0.5, 0.6) is 0 Å². The quantitative estimate of drug-likeness (QED) is 0.873. The number of nitrogens with zero attached hydrogens (tertiary/aromatic N) is 3. The van der Waals surface area contributed by atoms with Crippen molar-refractivity contribution in [3.8, 4) is 0 Å². The maximum Gasteiger partial charge on any atom is 0.335 e. The highest BCUT2D eigenvalue weighted by atomic mass is 16.4. The Hall–Kier alpha value is -1.91. The Morgan fingerprint density at radius 1 is 1.47 bits per heavy atom. The monoisotopic (exact) mass is 231 g/mol. The molecule has 3 rings (SSSR count). The van der Waals surface area contributed by atoms with Crippen LogP contribution in [0.1, 0.15) is 29.6 Å². The molecule has 1 aliphatic rings. The number of rotatable bonds is 4. The summed E-state index contributed by atoms with van der Waals surface area (Å²) >= 11 is 0. The second kappa shape index (κ2) is 3.84. The van der Waals surface area contributed by atoms with E-state index in [2.05, 4.69) is 10.3 Å². The number of benzene rings is 1. The van der Waals surface area contributed by atoms with Gasteiger partial charge in [0.1, 0.15) is 5.52 Å². The maximum absolute atomic E-state index is 10.8. The smallest absolute Gasteiger partial charge is 0.335 e. The first kappa shape index (κ1) is 10.3. The number of aromatic nitrogens is 3. The number of aryl methyl sites for hydroxylation is 1. The number of hydrogen-bond donors (Lipinski definition) is 1. The Labute approximate surface area is 98.0 Å². The molecule has 0 aliphatic heterocycles. The van der Waals surface area contributed by atoms with Crippen molar-refractivity contribution in [3.63, 3.8) is 0 Å². The van der Waals surface area contributed by atoms with Crippen LogP contribution in [0, 0.1) is 5.92 Å². The van der Waals surface area contributed by atoms with Crippen LogP contribution in [-0.4, -0.2) is 26.1 Å². The van der Waals surface area contributed by atoms with Crippen molar-refractivity contribution in [2.75, 3.05) is 0 Å². The molecule has 1 aromatic carbocycles. The van der Waals surface area contributed by atoms with Gasteiger partial charge in [0.2, 0.25) is 0 Å². The van der Waals surface area contributed by atoms with Gasteiger partial charge in [-0.15, -0.1) is 5.10 Å². The normalized spacial score (nSPS) is 15.3. The summed E-state index contributed by atoms with van der Waals surface area (Å²) in [6, 6.07) is 4.95. The van der Waals surface area contributed by atoms with Gasteiger partial charge in [-0.2, -0.15) is 0 Å². The summed E-state index contributed by atoms with van der Waals surface area (Å²) in [7, 11) is 0. The molecule has 2 aromatic rings. The fraction of sp³-hybridized carbons (Fsp3) is 0.417. The molecule has 5 heteroatoms. The first-order valence-electron chi connectivity index (χ1n) is 5.80. The summed E-state index contributed by atoms with van der Waals surface area (Å²) in [5.74, 6) is -0.0769. The molecule has 5 nitrogen and oxygen atoms in total. The number of carboxylic acid groups (broad SMARTS) is 1. The molecular weight excluding hydrogens is 218 g/mol. The fourth-order valence-corrected chi connectivity index (χ4v) is 1.98. The van der Waals surface area contributed by atoms with E-state index in [-0.39, 0.29) is 5.56 Å². The molecule has 0 atom stereocenters. The highest BCUT2D eigenvalue weighted by Gasteiger charge is 2.21. The van der Waals surface area contributed by atoms with E-state index in [4.69, 9.17) is 5.11 Å². The van der Waals surface area contributed by atoms with Crippen molar-refractivity contribution >= 4 is 17.0 Å². The fourth-order valence-electron chi connectivity index (χ4n) is 1.98. The molecular formula is C12H13N3O2. The van der Waals surface area contributed by atoms with Crippen LogP contribution in [0.2, 0.25) is 0 Å². The van der Waals surface area contributed by atoms with E-state index in [1.807, 2.05) is 4.68 Å². The van der Waals surface area contributed by atoms with Crippen molar-refractivity contribution in [2.45, 2.75) is 25.8 Å². The molecule has 0 spiro atoms. The summed E-state index contributed by atoms with van der Waals surface area (Å²) in [5.41, 5.74) is 1.82. The number of carboxylic acids is 1. The molecule has 1 N–H and O–H groups in total. The Kier molecular flexibility index (Phi) is 2.31. The van der Waals surface area contributed by atoms with Crippen molar-refractivity contribution in [1.82, 2.24) is 15.0 Å². The second-order valence-electron chi connectivity index (χ2n) is 4.55. The highest BCUT2D eigenvalue weighted by Crippen LogP contribution is 2.32. The first-order chi connectivity index (χ1) is 8.24. The van der Waals surface area contributed by atoms with Crippen molar-refractivity contribution in [3.05, 3.63) is 23.8 Å². The summed E-state index contributed by atoms with van der Waals surface area (Å²) in [5, 5.41) is 17.0. The van der Waals surface area contributed by atoms with E-state index in [1.54, 1.807) is 18.2 Å². The van der Waals surface area contributed by atoms with Gasteiger partial charge in [0.05, 0.1) is 11.1 Å². The minimum absolute atomic E-state index is 0.256. The predicted octanol–water partition coefficient (Wildman–Crippen LogP) is 1.93. The van der Waals surface area contributed by atoms with Crippen molar-refractivity contribution < 1.29 is 9.90 Å².